The zero-order chi connectivity index (χ0) is 12.4. The molecule has 0 fully saturated rings. The summed E-state index contributed by atoms with van der Waals surface area (Å²) in [7, 11) is 0. The van der Waals surface area contributed by atoms with Gasteiger partial charge >= 0.3 is 0 Å². The summed E-state index contributed by atoms with van der Waals surface area (Å²) in [5.41, 5.74) is 0.686. The third kappa shape index (κ3) is 2.84. The predicted molar refractivity (Wildman–Crippen MR) is 74.0 cm³/mol. The van der Waals surface area contributed by atoms with Gasteiger partial charge in [0.05, 0.1) is 5.02 Å². The molecule has 0 aliphatic rings. The zero-order valence-electron chi connectivity index (χ0n) is 8.58. The molecule has 0 saturated heterocycles. The Morgan fingerprint density at radius 3 is 2.41 bits per heavy atom. The van der Waals surface area contributed by atoms with Crippen molar-refractivity contribution in [1.29, 1.82) is 0 Å². The molecule has 0 aliphatic heterocycles. The van der Waals surface area contributed by atoms with Gasteiger partial charge < -0.3 is 0 Å². The number of rotatable bonds is 2. The molecule has 2 aromatic rings. The molecule has 2 aromatic carbocycles. The standard InChI is InChI=1S/C13H7ClFIO/c14-12-6-3-9(15)7-11(12)13(17)8-1-4-10(16)5-2-8/h1-7H. The maximum Gasteiger partial charge on any atom is 0.194 e. The van der Waals surface area contributed by atoms with Gasteiger partial charge in [-0.2, -0.15) is 0 Å². The fraction of sp³-hybridized carbons (Fsp3) is 0. The van der Waals surface area contributed by atoms with Crippen molar-refractivity contribution in [2.45, 2.75) is 0 Å². The van der Waals surface area contributed by atoms with Gasteiger partial charge in [0.1, 0.15) is 5.82 Å². The fourth-order valence-electron chi connectivity index (χ4n) is 1.43. The van der Waals surface area contributed by atoms with Gasteiger partial charge in [-0.1, -0.05) is 11.6 Å². The third-order valence-electron chi connectivity index (χ3n) is 2.28. The second-order valence-electron chi connectivity index (χ2n) is 3.46. The van der Waals surface area contributed by atoms with Crippen molar-refractivity contribution in [1.82, 2.24) is 0 Å². The molecule has 1 nitrogen and oxygen atoms in total. The van der Waals surface area contributed by atoms with E-state index in [1.165, 1.54) is 12.1 Å². The molecule has 0 heterocycles. The average Bonchev–Trinajstić information content (AvgIpc) is 2.32. The number of carbonyl (C=O) groups is 1. The van der Waals surface area contributed by atoms with Crippen LogP contribution in [0.5, 0.6) is 0 Å². The van der Waals surface area contributed by atoms with E-state index < -0.39 is 5.82 Å². The first-order chi connectivity index (χ1) is 8.08. The first-order valence-corrected chi connectivity index (χ1v) is 6.29. The lowest BCUT2D eigenvalue weighted by Crippen LogP contribution is -2.02. The van der Waals surface area contributed by atoms with Crippen LogP contribution in [-0.2, 0) is 0 Å². The minimum atomic E-state index is -0.469. The van der Waals surface area contributed by atoms with Crippen LogP contribution in [0.4, 0.5) is 4.39 Å². The molecule has 4 heteroatoms. The molecule has 0 unspecified atom stereocenters. The Hall–Kier alpha value is -0.940. The number of hydrogen-bond acceptors (Lipinski definition) is 1. The maximum absolute atomic E-state index is 13.1. The van der Waals surface area contributed by atoms with E-state index >= 15 is 0 Å². The average molecular weight is 361 g/mol. The molecular weight excluding hydrogens is 353 g/mol. The van der Waals surface area contributed by atoms with Crippen LogP contribution in [0.25, 0.3) is 0 Å². The molecule has 0 radical (unpaired) electrons. The Kier molecular flexibility index (Phi) is 3.79. The summed E-state index contributed by atoms with van der Waals surface area (Å²) in [6.45, 7) is 0. The predicted octanol–water partition coefficient (Wildman–Crippen LogP) is 4.31. The molecule has 17 heavy (non-hydrogen) atoms. The summed E-state index contributed by atoms with van der Waals surface area (Å²) in [4.78, 5) is 12.1. The van der Waals surface area contributed by atoms with Gasteiger partial charge in [0.15, 0.2) is 5.78 Å². The van der Waals surface area contributed by atoms with E-state index in [1.54, 1.807) is 12.1 Å². The highest BCUT2D eigenvalue weighted by atomic mass is 127. The first-order valence-electron chi connectivity index (χ1n) is 4.83. The van der Waals surface area contributed by atoms with Crippen LogP contribution in [-0.4, -0.2) is 5.78 Å². The molecule has 0 saturated carbocycles. The number of carbonyl (C=O) groups excluding carboxylic acids is 1. The summed E-state index contributed by atoms with van der Waals surface area (Å²) in [6, 6.07) is 10.8. The molecule has 2 rings (SSSR count). The van der Waals surface area contributed by atoms with Crippen molar-refractivity contribution in [3.05, 3.63) is 68.0 Å². The lowest BCUT2D eigenvalue weighted by atomic mass is 10.0. The number of hydrogen-bond donors (Lipinski definition) is 0. The molecule has 0 aliphatic carbocycles. The van der Waals surface area contributed by atoms with Gasteiger partial charge in [0, 0.05) is 14.7 Å². The fourth-order valence-corrected chi connectivity index (χ4v) is 1.99. The molecule has 0 atom stereocenters. The van der Waals surface area contributed by atoms with E-state index in [4.69, 9.17) is 11.6 Å². The van der Waals surface area contributed by atoms with Crippen LogP contribution >= 0.6 is 34.2 Å². The van der Waals surface area contributed by atoms with Crippen LogP contribution in [0.1, 0.15) is 15.9 Å². The number of benzene rings is 2. The van der Waals surface area contributed by atoms with Crippen molar-refractivity contribution < 1.29 is 9.18 Å². The number of ketones is 1. The largest absolute Gasteiger partial charge is 0.289 e. The monoisotopic (exact) mass is 360 g/mol. The van der Waals surface area contributed by atoms with Gasteiger partial charge in [0.25, 0.3) is 0 Å². The highest BCUT2D eigenvalue weighted by Crippen LogP contribution is 2.21. The molecule has 0 bridgehead atoms. The Labute approximate surface area is 117 Å². The van der Waals surface area contributed by atoms with E-state index in [2.05, 4.69) is 22.6 Å². The quantitative estimate of drug-likeness (QED) is 0.576. The lowest BCUT2D eigenvalue weighted by molar-refractivity contribution is 0.103. The van der Waals surface area contributed by atoms with Crippen LogP contribution < -0.4 is 0 Å². The summed E-state index contributed by atoms with van der Waals surface area (Å²) in [5, 5.41) is 0.259. The van der Waals surface area contributed by atoms with E-state index in [1.807, 2.05) is 12.1 Å². The van der Waals surface area contributed by atoms with Gasteiger partial charge in [-0.3, -0.25) is 4.79 Å². The summed E-state index contributed by atoms with van der Waals surface area (Å²) in [5.74, 6) is -0.742. The van der Waals surface area contributed by atoms with Crippen molar-refractivity contribution in [2.75, 3.05) is 0 Å². The summed E-state index contributed by atoms with van der Waals surface area (Å²) in [6.07, 6.45) is 0. The lowest BCUT2D eigenvalue weighted by Gasteiger charge is -2.04. The van der Waals surface area contributed by atoms with Crippen molar-refractivity contribution in [2.24, 2.45) is 0 Å². The highest BCUT2D eigenvalue weighted by Gasteiger charge is 2.13. The summed E-state index contributed by atoms with van der Waals surface area (Å²) >= 11 is 8.03. The molecular formula is C13H7ClFIO. The van der Waals surface area contributed by atoms with Crippen molar-refractivity contribution in [3.63, 3.8) is 0 Å². The van der Waals surface area contributed by atoms with Crippen LogP contribution in [0.15, 0.2) is 42.5 Å². The van der Waals surface area contributed by atoms with Gasteiger partial charge in [-0.15, -0.1) is 0 Å². The second kappa shape index (κ2) is 5.14. The van der Waals surface area contributed by atoms with E-state index in [0.717, 1.165) is 9.64 Å². The minimum Gasteiger partial charge on any atom is -0.289 e. The highest BCUT2D eigenvalue weighted by molar-refractivity contribution is 14.1. The SMILES string of the molecule is O=C(c1ccc(I)cc1)c1cc(F)ccc1Cl. The topological polar surface area (TPSA) is 17.1 Å². The van der Waals surface area contributed by atoms with Gasteiger partial charge in [-0.25, -0.2) is 4.39 Å². The molecule has 0 amide bonds. The second-order valence-corrected chi connectivity index (χ2v) is 5.11. The van der Waals surface area contributed by atoms with Crippen molar-refractivity contribution in [3.8, 4) is 0 Å². The van der Waals surface area contributed by atoms with E-state index in [0.29, 0.717) is 5.56 Å². The molecule has 0 spiro atoms. The Bertz CT molecular complexity index is 566. The van der Waals surface area contributed by atoms with E-state index in [-0.39, 0.29) is 16.4 Å². The van der Waals surface area contributed by atoms with Crippen LogP contribution in [0.3, 0.4) is 0 Å². The van der Waals surface area contributed by atoms with Crippen molar-refractivity contribution >= 4 is 40.0 Å². The van der Waals surface area contributed by atoms with Crippen LogP contribution in [0, 0.1) is 9.39 Å². The Balaban J connectivity index is 2.43. The Morgan fingerprint density at radius 1 is 1.12 bits per heavy atom. The first kappa shape index (κ1) is 12.5. The number of halogens is 3. The third-order valence-corrected chi connectivity index (χ3v) is 3.33. The van der Waals surface area contributed by atoms with Crippen LogP contribution in [0.2, 0.25) is 5.02 Å². The molecule has 0 aromatic heterocycles. The minimum absolute atomic E-state index is 0.188. The molecule has 0 N–H and O–H groups in total. The van der Waals surface area contributed by atoms with Gasteiger partial charge in [0.2, 0.25) is 0 Å². The van der Waals surface area contributed by atoms with Gasteiger partial charge in [-0.05, 0) is 65.1 Å². The molecule has 86 valence electrons. The Morgan fingerprint density at radius 2 is 1.76 bits per heavy atom. The normalized spacial score (nSPS) is 10.3. The zero-order valence-corrected chi connectivity index (χ0v) is 11.5. The maximum atomic E-state index is 13.1. The van der Waals surface area contributed by atoms with E-state index in [9.17, 15) is 9.18 Å². The smallest absolute Gasteiger partial charge is 0.194 e. The summed E-state index contributed by atoms with van der Waals surface area (Å²) < 4.78 is 14.1.